The van der Waals surface area contributed by atoms with Crippen molar-refractivity contribution in [2.45, 2.75) is 57.8 Å². The molecule has 1 unspecified atom stereocenters. The van der Waals surface area contributed by atoms with Crippen molar-refractivity contribution in [1.29, 1.82) is 5.26 Å². The van der Waals surface area contributed by atoms with Gasteiger partial charge in [0.25, 0.3) is 0 Å². The number of ether oxygens (including phenoxy) is 1. The van der Waals surface area contributed by atoms with Crippen LogP contribution in [0.15, 0.2) is 42.9 Å². The smallest absolute Gasteiger partial charge is 0.145 e. The van der Waals surface area contributed by atoms with Crippen molar-refractivity contribution < 1.29 is 4.74 Å². The molecule has 0 radical (unpaired) electrons. The lowest BCUT2D eigenvalue weighted by Gasteiger charge is -2.34. The lowest BCUT2D eigenvalue weighted by molar-refractivity contribution is 0.0898. The highest BCUT2D eigenvalue weighted by molar-refractivity contribution is 6.76. The van der Waals surface area contributed by atoms with Crippen LogP contribution in [0.2, 0.25) is 25.7 Å². The van der Waals surface area contributed by atoms with Crippen molar-refractivity contribution in [3.8, 4) is 6.07 Å². The lowest BCUT2D eigenvalue weighted by atomic mass is 9.87. The van der Waals surface area contributed by atoms with E-state index in [1.54, 1.807) is 6.33 Å². The molecule has 2 aromatic heterocycles. The Balaban J connectivity index is 1.35. The zero-order valence-electron chi connectivity index (χ0n) is 20.6. The Labute approximate surface area is 203 Å². The number of nitrogens with two attached hydrogens (primary N) is 1. The van der Waals surface area contributed by atoms with Crippen molar-refractivity contribution in [3.05, 3.63) is 59.7 Å². The van der Waals surface area contributed by atoms with Gasteiger partial charge in [-0.2, -0.15) is 5.26 Å². The Morgan fingerprint density at radius 2 is 1.88 bits per heavy atom. The fourth-order valence-electron chi connectivity index (χ4n) is 4.57. The molecule has 4 rings (SSSR count). The summed E-state index contributed by atoms with van der Waals surface area (Å²) in [5.41, 5.74) is 10.6. The topological polar surface area (TPSA) is 93.0 Å². The quantitative estimate of drug-likeness (QED) is 0.360. The van der Waals surface area contributed by atoms with E-state index in [9.17, 15) is 0 Å². The minimum Gasteiger partial charge on any atom is -0.361 e. The van der Waals surface area contributed by atoms with Gasteiger partial charge in [0.1, 0.15) is 18.7 Å². The van der Waals surface area contributed by atoms with Crippen LogP contribution in [0.1, 0.15) is 35.7 Å². The maximum absolute atomic E-state index is 8.98. The van der Waals surface area contributed by atoms with Crippen LogP contribution in [-0.2, 0) is 18.0 Å². The van der Waals surface area contributed by atoms with Crippen molar-refractivity contribution in [2.75, 3.05) is 19.7 Å². The van der Waals surface area contributed by atoms with Gasteiger partial charge in [0.2, 0.25) is 0 Å². The second kappa shape index (κ2) is 10.8. The number of benzene rings is 1. The fraction of sp³-hybridized carbons (Fsp3) is 0.500. The number of aromatic nitrogens is 3. The van der Waals surface area contributed by atoms with Crippen LogP contribution in [0.4, 0.5) is 0 Å². The lowest BCUT2D eigenvalue weighted by Crippen LogP contribution is -2.37. The molecule has 0 bridgehead atoms. The number of nitrogens with zero attached hydrogens (tertiary/aromatic N) is 5. The first kappa shape index (κ1) is 24.5. The zero-order valence-corrected chi connectivity index (χ0v) is 21.6. The van der Waals surface area contributed by atoms with Gasteiger partial charge in [0.15, 0.2) is 0 Å². The average Bonchev–Trinajstić information content (AvgIpc) is 3.25. The van der Waals surface area contributed by atoms with E-state index in [4.69, 9.17) is 15.7 Å². The Morgan fingerprint density at radius 1 is 1.15 bits per heavy atom. The summed E-state index contributed by atoms with van der Waals surface area (Å²) < 4.78 is 7.99. The van der Waals surface area contributed by atoms with E-state index < -0.39 is 8.07 Å². The summed E-state index contributed by atoms with van der Waals surface area (Å²) >= 11 is 0. The van der Waals surface area contributed by atoms with Crippen LogP contribution in [0, 0.1) is 17.2 Å². The largest absolute Gasteiger partial charge is 0.361 e. The standard InChI is InChI=1S/C26H36N6OSi/c1-34(2,3)15-14-33-19-32-13-10-23-25(29-18-30-26(23)32)24(28)22-8-11-31(12-9-22)17-21-6-4-20(16-27)5-7-21/h4-7,10,13,18,22,24H,8-9,11-12,14-15,17,19,28H2,1-3H3. The third-order valence-corrected chi connectivity index (χ3v) is 8.46. The van der Waals surface area contributed by atoms with Gasteiger partial charge in [-0.05, 0) is 61.7 Å². The van der Waals surface area contributed by atoms with Gasteiger partial charge in [-0.25, -0.2) is 9.97 Å². The molecule has 1 aliphatic rings. The number of fused-ring (bicyclic) bond motifs is 1. The summed E-state index contributed by atoms with van der Waals surface area (Å²) in [5, 5.41) is 10.0. The average molecular weight is 477 g/mol. The van der Waals surface area contributed by atoms with Crippen LogP contribution in [0.5, 0.6) is 0 Å². The van der Waals surface area contributed by atoms with Crippen LogP contribution in [0.3, 0.4) is 0 Å². The van der Waals surface area contributed by atoms with Gasteiger partial charge < -0.3 is 15.0 Å². The summed E-state index contributed by atoms with van der Waals surface area (Å²) in [6.45, 7) is 11.3. The van der Waals surface area contributed by atoms with E-state index in [1.807, 2.05) is 30.5 Å². The van der Waals surface area contributed by atoms with Gasteiger partial charge in [-0.15, -0.1) is 0 Å². The maximum Gasteiger partial charge on any atom is 0.145 e. The summed E-state index contributed by atoms with van der Waals surface area (Å²) in [7, 11) is -1.10. The molecule has 1 aliphatic heterocycles. The maximum atomic E-state index is 8.98. The third kappa shape index (κ3) is 6.10. The molecule has 0 aliphatic carbocycles. The number of nitriles is 1. The molecule has 0 amide bonds. The Bertz CT molecular complexity index is 1120. The third-order valence-electron chi connectivity index (χ3n) is 6.76. The highest BCUT2D eigenvalue weighted by Crippen LogP contribution is 2.32. The van der Waals surface area contributed by atoms with E-state index in [1.165, 1.54) is 5.56 Å². The molecule has 1 aromatic carbocycles. The van der Waals surface area contributed by atoms with Gasteiger partial charge in [0.05, 0.1) is 23.4 Å². The molecule has 0 spiro atoms. The first-order chi connectivity index (χ1) is 16.3. The molecular weight excluding hydrogens is 440 g/mol. The van der Waals surface area contributed by atoms with Crippen LogP contribution >= 0.6 is 0 Å². The SMILES string of the molecule is C[Si](C)(C)CCOCn1ccc2c(C(N)C3CCN(Cc4ccc(C#N)cc4)CC3)ncnc21. The highest BCUT2D eigenvalue weighted by Gasteiger charge is 2.28. The number of hydrogen-bond donors (Lipinski definition) is 1. The van der Waals surface area contributed by atoms with Gasteiger partial charge in [0, 0.05) is 32.8 Å². The first-order valence-electron chi connectivity index (χ1n) is 12.2. The molecule has 2 N–H and O–H groups in total. The van der Waals surface area contributed by atoms with Crippen LogP contribution in [-0.4, -0.2) is 47.2 Å². The fourth-order valence-corrected chi connectivity index (χ4v) is 5.33. The van der Waals surface area contributed by atoms with E-state index in [2.05, 4.69) is 51.2 Å². The molecule has 180 valence electrons. The summed E-state index contributed by atoms with van der Waals surface area (Å²) in [6, 6.07) is 13.2. The van der Waals surface area contributed by atoms with E-state index in [0.29, 0.717) is 18.2 Å². The predicted octanol–water partition coefficient (Wildman–Crippen LogP) is 4.53. The number of rotatable bonds is 9. The van der Waals surface area contributed by atoms with Gasteiger partial charge in [-0.3, -0.25) is 4.90 Å². The van der Waals surface area contributed by atoms with Crippen LogP contribution < -0.4 is 5.73 Å². The molecule has 3 aromatic rings. The minimum absolute atomic E-state index is 0.105. The summed E-state index contributed by atoms with van der Waals surface area (Å²) in [4.78, 5) is 11.6. The Hall–Kier alpha value is -2.57. The molecule has 1 saturated heterocycles. The number of hydrogen-bond acceptors (Lipinski definition) is 6. The summed E-state index contributed by atoms with van der Waals surface area (Å²) in [5.74, 6) is 0.395. The number of likely N-dealkylation sites (tertiary alicyclic amines) is 1. The van der Waals surface area contributed by atoms with Crippen molar-refractivity contribution in [1.82, 2.24) is 19.4 Å². The van der Waals surface area contributed by atoms with Crippen molar-refractivity contribution in [3.63, 3.8) is 0 Å². The van der Waals surface area contributed by atoms with Crippen molar-refractivity contribution in [2.24, 2.45) is 11.7 Å². The van der Waals surface area contributed by atoms with Crippen molar-refractivity contribution >= 4 is 19.1 Å². The number of piperidine rings is 1. The normalized spacial score (nSPS) is 16.6. The van der Waals surface area contributed by atoms with Gasteiger partial charge in [-0.1, -0.05) is 31.8 Å². The predicted molar refractivity (Wildman–Crippen MR) is 138 cm³/mol. The summed E-state index contributed by atoms with van der Waals surface area (Å²) in [6.07, 6.45) is 5.76. The second-order valence-electron chi connectivity index (χ2n) is 10.6. The molecule has 7 nitrogen and oxygen atoms in total. The zero-order chi connectivity index (χ0) is 24.1. The molecular formula is C26H36N6OSi. The van der Waals surface area contributed by atoms with E-state index in [0.717, 1.165) is 61.9 Å². The van der Waals surface area contributed by atoms with Gasteiger partial charge >= 0.3 is 0 Å². The van der Waals surface area contributed by atoms with E-state index >= 15 is 0 Å². The molecule has 8 heteroatoms. The monoisotopic (exact) mass is 476 g/mol. The molecule has 34 heavy (non-hydrogen) atoms. The molecule has 1 fully saturated rings. The minimum atomic E-state index is -1.10. The Kier molecular flexibility index (Phi) is 7.79. The van der Waals surface area contributed by atoms with E-state index in [-0.39, 0.29) is 6.04 Å². The molecule has 0 saturated carbocycles. The Morgan fingerprint density at radius 3 is 2.56 bits per heavy atom. The second-order valence-corrected chi connectivity index (χ2v) is 16.2. The first-order valence-corrected chi connectivity index (χ1v) is 15.9. The molecule has 1 atom stereocenters. The van der Waals surface area contributed by atoms with Crippen LogP contribution in [0.25, 0.3) is 11.0 Å². The highest BCUT2D eigenvalue weighted by atomic mass is 28.3. The molecule has 3 heterocycles.